The lowest BCUT2D eigenvalue weighted by molar-refractivity contribution is -0.198. The first-order valence-corrected chi connectivity index (χ1v) is 17.8. The molecule has 0 spiro atoms. The number of benzene rings is 1. The summed E-state index contributed by atoms with van der Waals surface area (Å²) in [6, 6.07) is 1.72. The number of nitrogens with one attached hydrogen (secondary N) is 2. The molecule has 6 N–H and O–H groups in total. The van der Waals surface area contributed by atoms with Crippen molar-refractivity contribution in [1.82, 2.24) is 29.6 Å². The maximum absolute atomic E-state index is 13.2. The summed E-state index contributed by atoms with van der Waals surface area (Å²) in [5.74, 6) is -4.55. The van der Waals surface area contributed by atoms with Crippen LogP contribution in [0.2, 0.25) is 0 Å². The normalized spacial score (nSPS) is 21.5. The standard InChI is InChI=1S/C32H41N7O13S/c1-15-9-16(2)22(18(10-15)50-30(45)37-17(29(43)44)7-8-21(41)42)31(3,4)11-20(40)38-53(46,47)48-12-19-24-25(52-32(5,6)51-24)28(49-19)39-14-36-23-26(33)34-13-35-27(23)39/h9-10,13-14,17,19,24-25,28H,7-8,11-12H2,1-6H3,(H,37,45)(H,38,40)(H,41,42)(H,43,44)(H2,33,34,35)/t17?,19-,24-,25-,28-/m1/s1. The number of anilines is 1. The van der Waals surface area contributed by atoms with E-state index in [1.807, 2.05) is 4.72 Å². The molecule has 53 heavy (non-hydrogen) atoms. The number of aromatic nitrogens is 4. The van der Waals surface area contributed by atoms with Crippen LogP contribution in [0.15, 0.2) is 24.8 Å². The van der Waals surface area contributed by atoms with Crippen LogP contribution in [0, 0.1) is 13.8 Å². The van der Waals surface area contributed by atoms with Crippen LogP contribution in [0.3, 0.4) is 0 Å². The van der Waals surface area contributed by atoms with E-state index in [4.69, 9.17) is 34.0 Å². The van der Waals surface area contributed by atoms with Crippen molar-refractivity contribution < 1.29 is 60.9 Å². The summed E-state index contributed by atoms with van der Waals surface area (Å²) in [6.07, 6.45) is -3.10. The second kappa shape index (κ2) is 14.8. The molecule has 3 aromatic rings. The summed E-state index contributed by atoms with van der Waals surface area (Å²) in [6.45, 7) is 9.51. The van der Waals surface area contributed by atoms with E-state index >= 15 is 0 Å². The molecule has 0 bridgehead atoms. The van der Waals surface area contributed by atoms with Gasteiger partial charge in [0.05, 0.1) is 12.9 Å². The molecule has 2 amide bonds. The minimum Gasteiger partial charge on any atom is -0.481 e. The molecule has 2 aliphatic heterocycles. The first-order chi connectivity index (χ1) is 24.7. The van der Waals surface area contributed by atoms with Crippen molar-refractivity contribution >= 4 is 51.2 Å². The Labute approximate surface area is 303 Å². The molecule has 2 aliphatic rings. The lowest BCUT2D eigenvalue weighted by Gasteiger charge is -2.29. The third-order valence-corrected chi connectivity index (χ3v) is 9.50. The number of carboxylic acid groups (broad SMARTS) is 2. The minimum atomic E-state index is -4.70. The van der Waals surface area contributed by atoms with Crippen molar-refractivity contribution in [2.75, 3.05) is 12.3 Å². The molecule has 288 valence electrons. The molecule has 0 radical (unpaired) electrons. The highest BCUT2D eigenvalue weighted by molar-refractivity contribution is 7.85. The predicted molar refractivity (Wildman–Crippen MR) is 181 cm³/mol. The molecule has 1 unspecified atom stereocenters. The molecule has 4 heterocycles. The molecule has 21 heteroatoms. The fourth-order valence-electron chi connectivity index (χ4n) is 6.60. The Morgan fingerprint density at radius 1 is 1.09 bits per heavy atom. The third kappa shape index (κ3) is 8.99. The van der Waals surface area contributed by atoms with Gasteiger partial charge < -0.3 is 40.2 Å². The van der Waals surface area contributed by atoms with Crippen LogP contribution in [-0.4, -0.2) is 98.8 Å². The number of hydrogen-bond donors (Lipinski definition) is 5. The van der Waals surface area contributed by atoms with E-state index in [-0.39, 0.29) is 18.0 Å². The average molecular weight is 764 g/mol. The third-order valence-electron chi connectivity index (χ3n) is 8.58. The van der Waals surface area contributed by atoms with Gasteiger partial charge in [-0.25, -0.2) is 29.3 Å². The molecule has 1 aromatic carbocycles. The number of aliphatic carboxylic acids is 2. The van der Waals surface area contributed by atoms with Crippen LogP contribution < -0.4 is 20.5 Å². The van der Waals surface area contributed by atoms with Gasteiger partial charge in [-0.05, 0) is 51.3 Å². The summed E-state index contributed by atoms with van der Waals surface area (Å²) in [4.78, 5) is 60.9. The van der Waals surface area contributed by atoms with Crippen molar-refractivity contribution in [1.29, 1.82) is 0 Å². The fraction of sp³-hybridized carbons (Fsp3) is 0.531. The zero-order chi connectivity index (χ0) is 39.0. The molecule has 5 atom stereocenters. The SMILES string of the molecule is Cc1cc(C)c(C(C)(C)CC(=O)NS(=O)(=O)OC[C@H]2O[C@@H](n3cnc4c(N)ncnc43)[C@@H]3OC(C)(C)O[C@@H]32)c(OC(=O)NC(CCC(=O)O)C(=O)O)c1. The Kier molecular flexibility index (Phi) is 11.0. The van der Waals surface area contributed by atoms with Crippen molar-refractivity contribution in [2.45, 2.75) is 103 Å². The maximum Gasteiger partial charge on any atom is 0.413 e. The van der Waals surface area contributed by atoms with E-state index in [2.05, 4.69) is 20.3 Å². The number of nitrogen functional groups attached to an aromatic ring is 1. The molecule has 2 aromatic heterocycles. The number of carboxylic acids is 2. The van der Waals surface area contributed by atoms with Crippen LogP contribution in [0.4, 0.5) is 10.6 Å². The first-order valence-electron chi connectivity index (χ1n) is 16.3. The Bertz CT molecular complexity index is 2030. The topological polar surface area (TPSA) is 283 Å². The summed E-state index contributed by atoms with van der Waals surface area (Å²) in [7, 11) is -4.70. The molecule has 0 aliphatic carbocycles. The zero-order valence-corrected chi connectivity index (χ0v) is 30.5. The van der Waals surface area contributed by atoms with Crippen molar-refractivity contribution in [3.8, 4) is 5.75 Å². The Hall–Kier alpha value is -4.96. The van der Waals surface area contributed by atoms with E-state index in [0.717, 1.165) is 0 Å². The summed E-state index contributed by atoms with van der Waals surface area (Å²) < 4.78 is 58.5. The summed E-state index contributed by atoms with van der Waals surface area (Å²) >= 11 is 0. The van der Waals surface area contributed by atoms with Crippen molar-refractivity contribution in [2.24, 2.45) is 0 Å². The van der Waals surface area contributed by atoms with E-state index in [1.54, 1.807) is 52.2 Å². The summed E-state index contributed by atoms with van der Waals surface area (Å²) in [5.41, 5.74) is 7.10. The van der Waals surface area contributed by atoms with Gasteiger partial charge in [0.2, 0.25) is 5.91 Å². The minimum absolute atomic E-state index is 0.0108. The Balaban J connectivity index is 1.25. The van der Waals surface area contributed by atoms with E-state index in [1.165, 1.54) is 18.7 Å². The molecule has 20 nitrogen and oxygen atoms in total. The molecule has 0 saturated carbocycles. The second-order valence-electron chi connectivity index (χ2n) is 13.8. The zero-order valence-electron chi connectivity index (χ0n) is 29.7. The van der Waals surface area contributed by atoms with Gasteiger partial charge in [0.1, 0.15) is 41.9 Å². The van der Waals surface area contributed by atoms with Crippen molar-refractivity contribution in [3.63, 3.8) is 0 Å². The highest BCUT2D eigenvalue weighted by Gasteiger charge is 2.56. The molecular formula is C32H41N7O13S. The highest BCUT2D eigenvalue weighted by atomic mass is 32.2. The van der Waals surface area contributed by atoms with E-state index < -0.39 is 95.5 Å². The Morgan fingerprint density at radius 3 is 2.47 bits per heavy atom. The van der Waals surface area contributed by atoms with Crippen molar-refractivity contribution in [3.05, 3.63) is 41.5 Å². The van der Waals surface area contributed by atoms with Crippen LogP contribution in [0.1, 0.15) is 69.9 Å². The van der Waals surface area contributed by atoms with Crippen LogP contribution in [0.5, 0.6) is 5.75 Å². The smallest absolute Gasteiger partial charge is 0.413 e. The van der Waals surface area contributed by atoms with E-state index in [0.29, 0.717) is 27.9 Å². The molecular weight excluding hydrogens is 722 g/mol. The quantitative estimate of drug-likeness (QED) is 0.156. The number of fused-ring (bicyclic) bond motifs is 2. The number of carbonyl (C=O) groups is 4. The van der Waals surface area contributed by atoms with Crippen LogP contribution in [-0.2, 0) is 48.5 Å². The van der Waals surface area contributed by atoms with Gasteiger partial charge in [-0.1, -0.05) is 19.9 Å². The maximum atomic E-state index is 13.2. The van der Waals surface area contributed by atoms with Gasteiger partial charge in [-0.2, -0.15) is 8.42 Å². The first kappa shape index (κ1) is 39.3. The van der Waals surface area contributed by atoms with Gasteiger partial charge in [0, 0.05) is 23.8 Å². The van der Waals surface area contributed by atoms with Crippen LogP contribution in [0.25, 0.3) is 11.2 Å². The number of amides is 2. The Morgan fingerprint density at radius 2 is 1.79 bits per heavy atom. The van der Waals surface area contributed by atoms with Crippen LogP contribution >= 0.6 is 0 Å². The number of imidazole rings is 1. The number of carbonyl (C=O) groups excluding carboxylic acids is 2. The lowest BCUT2D eigenvalue weighted by atomic mass is 9.78. The van der Waals surface area contributed by atoms with E-state index in [9.17, 15) is 32.7 Å². The lowest BCUT2D eigenvalue weighted by Crippen LogP contribution is -2.43. The van der Waals surface area contributed by atoms with Gasteiger partial charge in [-0.15, -0.1) is 0 Å². The number of nitrogens with two attached hydrogens (primary N) is 1. The highest BCUT2D eigenvalue weighted by Crippen LogP contribution is 2.44. The molecule has 2 saturated heterocycles. The second-order valence-corrected chi connectivity index (χ2v) is 15.2. The average Bonchev–Trinajstić information content (AvgIpc) is 3.68. The largest absolute Gasteiger partial charge is 0.481 e. The molecule has 5 rings (SSSR count). The number of ether oxygens (including phenoxy) is 4. The van der Waals surface area contributed by atoms with Gasteiger partial charge in [0.25, 0.3) is 0 Å². The summed E-state index contributed by atoms with van der Waals surface area (Å²) in [5, 5.41) is 20.5. The number of nitrogens with zero attached hydrogens (tertiary/aromatic N) is 4. The predicted octanol–water partition coefficient (Wildman–Crippen LogP) is 1.59. The number of rotatable bonds is 14. The van der Waals surface area contributed by atoms with Gasteiger partial charge >= 0.3 is 28.3 Å². The fourth-order valence-corrected chi connectivity index (χ4v) is 7.32. The van der Waals surface area contributed by atoms with Gasteiger partial charge in [-0.3, -0.25) is 18.3 Å². The number of aryl methyl sites for hydroxylation is 2. The number of hydrogen-bond acceptors (Lipinski definition) is 15. The monoisotopic (exact) mass is 763 g/mol. The van der Waals surface area contributed by atoms with Gasteiger partial charge in [0.15, 0.2) is 23.5 Å². The molecule has 2 fully saturated rings.